The lowest BCUT2D eigenvalue weighted by atomic mass is 10.0. The van der Waals surface area contributed by atoms with Crippen molar-refractivity contribution in [3.8, 4) is 17.3 Å². The van der Waals surface area contributed by atoms with Gasteiger partial charge in [0.2, 0.25) is 0 Å². The molecular weight excluding hydrogens is 246 g/mol. The van der Waals surface area contributed by atoms with Crippen molar-refractivity contribution in [2.75, 3.05) is 0 Å². The Balaban J connectivity index is 2.52. The molecule has 1 unspecified atom stereocenters. The lowest BCUT2D eigenvalue weighted by Crippen LogP contribution is -2.04. The molecule has 1 aromatic heterocycles. The van der Waals surface area contributed by atoms with Crippen molar-refractivity contribution < 1.29 is 0 Å². The second-order valence-corrected chi connectivity index (χ2v) is 5.14. The van der Waals surface area contributed by atoms with Gasteiger partial charge in [-0.25, -0.2) is 9.97 Å². The first-order valence-electron chi connectivity index (χ1n) is 6.88. The molecule has 102 valence electrons. The van der Waals surface area contributed by atoms with Crippen LogP contribution in [-0.4, -0.2) is 9.97 Å². The maximum Gasteiger partial charge on any atom is 0.146 e. The van der Waals surface area contributed by atoms with Gasteiger partial charge in [-0.05, 0) is 50.5 Å². The van der Waals surface area contributed by atoms with Crippen molar-refractivity contribution in [1.29, 1.82) is 5.26 Å². The van der Waals surface area contributed by atoms with Crippen molar-refractivity contribution in [3.63, 3.8) is 0 Å². The molecule has 1 aromatic carbocycles. The largest absolute Gasteiger partial charge is 0.237 e. The van der Waals surface area contributed by atoms with E-state index < -0.39 is 0 Å². The van der Waals surface area contributed by atoms with Crippen LogP contribution in [0.4, 0.5) is 0 Å². The Bertz CT molecular complexity index is 668. The fraction of sp³-hybridized carbons (Fsp3) is 0.353. The number of aryl methyl sites for hydroxylation is 3. The Morgan fingerprint density at radius 1 is 1.10 bits per heavy atom. The van der Waals surface area contributed by atoms with Crippen LogP contribution in [0.5, 0.6) is 0 Å². The highest BCUT2D eigenvalue weighted by atomic mass is 14.9. The van der Waals surface area contributed by atoms with E-state index in [1.807, 2.05) is 19.9 Å². The highest BCUT2D eigenvalue weighted by Gasteiger charge is 2.14. The van der Waals surface area contributed by atoms with E-state index in [1.165, 1.54) is 11.1 Å². The van der Waals surface area contributed by atoms with Gasteiger partial charge in [-0.2, -0.15) is 5.26 Å². The Morgan fingerprint density at radius 3 is 2.45 bits per heavy atom. The molecule has 0 N–H and O–H groups in total. The number of nitrogens with zero attached hydrogens (tertiary/aromatic N) is 3. The molecular formula is C17H19N3. The zero-order valence-corrected chi connectivity index (χ0v) is 12.4. The van der Waals surface area contributed by atoms with E-state index in [4.69, 9.17) is 0 Å². The summed E-state index contributed by atoms with van der Waals surface area (Å²) in [6.45, 7) is 8.12. The number of aromatic nitrogens is 2. The minimum absolute atomic E-state index is 0.236. The van der Waals surface area contributed by atoms with Crippen LogP contribution in [0.15, 0.2) is 24.3 Å². The summed E-state index contributed by atoms with van der Waals surface area (Å²) in [5.74, 6) is 0.392. The molecule has 0 fully saturated rings. The third-order valence-corrected chi connectivity index (χ3v) is 3.55. The third kappa shape index (κ3) is 2.85. The van der Waals surface area contributed by atoms with E-state index in [0.717, 1.165) is 23.4 Å². The van der Waals surface area contributed by atoms with Gasteiger partial charge in [0.25, 0.3) is 0 Å². The fourth-order valence-corrected chi connectivity index (χ4v) is 2.13. The Hall–Kier alpha value is -2.21. The first kappa shape index (κ1) is 14.2. The van der Waals surface area contributed by atoms with E-state index in [2.05, 4.69) is 48.1 Å². The van der Waals surface area contributed by atoms with Gasteiger partial charge in [-0.15, -0.1) is 0 Å². The molecule has 3 heteroatoms. The summed E-state index contributed by atoms with van der Waals surface area (Å²) in [6.07, 6.45) is 0.728. The maximum absolute atomic E-state index is 9.18. The Labute approximate surface area is 120 Å². The molecule has 0 aliphatic heterocycles. The van der Waals surface area contributed by atoms with Crippen molar-refractivity contribution in [1.82, 2.24) is 9.97 Å². The number of hydrogen-bond donors (Lipinski definition) is 0. The molecule has 0 spiro atoms. The molecule has 3 nitrogen and oxygen atoms in total. The van der Waals surface area contributed by atoms with Crippen LogP contribution in [0.1, 0.15) is 41.9 Å². The molecule has 0 bridgehead atoms. The molecule has 20 heavy (non-hydrogen) atoms. The van der Waals surface area contributed by atoms with E-state index in [1.54, 1.807) is 0 Å². The van der Waals surface area contributed by atoms with Crippen molar-refractivity contribution >= 4 is 0 Å². The first-order chi connectivity index (χ1) is 9.55. The van der Waals surface area contributed by atoms with Gasteiger partial charge in [0, 0.05) is 11.3 Å². The summed E-state index contributed by atoms with van der Waals surface area (Å²) in [6, 6.07) is 10.5. The van der Waals surface area contributed by atoms with Gasteiger partial charge in [-0.3, -0.25) is 0 Å². The average Bonchev–Trinajstić information content (AvgIpc) is 2.42. The van der Waals surface area contributed by atoms with Crippen molar-refractivity contribution in [2.45, 2.75) is 40.0 Å². The molecule has 2 rings (SSSR count). The number of benzene rings is 1. The maximum atomic E-state index is 9.18. The predicted molar refractivity (Wildman–Crippen MR) is 80.3 cm³/mol. The summed E-state index contributed by atoms with van der Waals surface area (Å²) in [5, 5.41) is 9.18. The van der Waals surface area contributed by atoms with Gasteiger partial charge in [0.15, 0.2) is 0 Å². The topological polar surface area (TPSA) is 49.6 Å². The lowest BCUT2D eigenvalue weighted by Gasteiger charge is -2.10. The normalized spacial score (nSPS) is 11.9. The molecule has 0 aliphatic rings. The van der Waals surface area contributed by atoms with Crippen molar-refractivity contribution in [2.24, 2.45) is 0 Å². The molecule has 0 aliphatic carbocycles. The van der Waals surface area contributed by atoms with E-state index in [0.29, 0.717) is 5.82 Å². The SMILES string of the molecule is CCC(C#N)c1nc(C)cc(-c2ccc(C)c(C)c2)n1. The van der Waals surface area contributed by atoms with Gasteiger partial charge in [-0.1, -0.05) is 19.1 Å². The van der Waals surface area contributed by atoms with Crippen LogP contribution in [-0.2, 0) is 0 Å². The van der Waals surface area contributed by atoms with Gasteiger partial charge < -0.3 is 0 Å². The Kier molecular flexibility index (Phi) is 4.14. The molecule has 2 aromatic rings. The molecule has 0 saturated carbocycles. The quantitative estimate of drug-likeness (QED) is 0.840. The zero-order valence-electron chi connectivity index (χ0n) is 12.4. The van der Waals surface area contributed by atoms with Crippen LogP contribution < -0.4 is 0 Å². The molecule has 0 amide bonds. The third-order valence-electron chi connectivity index (χ3n) is 3.55. The minimum Gasteiger partial charge on any atom is -0.237 e. The van der Waals surface area contributed by atoms with Gasteiger partial charge in [0.05, 0.1) is 11.8 Å². The highest BCUT2D eigenvalue weighted by Crippen LogP contribution is 2.23. The van der Waals surface area contributed by atoms with Gasteiger partial charge >= 0.3 is 0 Å². The van der Waals surface area contributed by atoms with Crippen molar-refractivity contribution in [3.05, 3.63) is 46.9 Å². The summed E-state index contributed by atoms with van der Waals surface area (Å²) < 4.78 is 0. The van der Waals surface area contributed by atoms with Crippen LogP contribution in [0.3, 0.4) is 0 Å². The molecule has 1 heterocycles. The van der Waals surface area contributed by atoms with Crippen LogP contribution >= 0.6 is 0 Å². The minimum atomic E-state index is -0.236. The van der Waals surface area contributed by atoms with E-state index in [9.17, 15) is 5.26 Å². The molecule has 0 radical (unpaired) electrons. The molecule has 0 saturated heterocycles. The number of hydrogen-bond acceptors (Lipinski definition) is 3. The highest BCUT2D eigenvalue weighted by molar-refractivity contribution is 5.61. The van der Waals surface area contributed by atoms with Gasteiger partial charge in [0.1, 0.15) is 11.7 Å². The first-order valence-corrected chi connectivity index (χ1v) is 6.88. The zero-order chi connectivity index (χ0) is 14.7. The predicted octanol–water partition coefficient (Wildman–Crippen LogP) is 4.09. The smallest absolute Gasteiger partial charge is 0.146 e. The summed E-state index contributed by atoms with van der Waals surface area (Å²) in [4.78, 5) is 8.99. The van der Waals surface area contributed by atoms with Crippen LogP contribution in [0.2, 0.25) is 0 Å². The monoisotopic (exact) mass is 265 g/mol. The summed E-state index contributed by atoms with van der Waals surface area (Å²) in [5.41, 5.74) is 5.38. The second-order valence-electron chi connectivity index (χ2n) is 5.14. The summed E-state index contributed by atoms with van der Waals surface area (Å²) >= 11 is 0. The number of nitriles is 1. The second kappa shape index (κ2) is 5.83. The van der Waals surface area contributed by atoms with Crippen LogP contribution in [0.25, 0.3) is 11.3 Å². The standard InChI is InChI=1S/C17H19N3/c1-5-14(10-18)17-19-13(4)9-16(20-17)15-7-6-11(2)12(3)8-15/h6-9,14H,5H2,1-4H3. The van der Waals surface area contributed by atoms with E-state index in [-0.39, 0.29) is 5.92 Å². The van der Waals surface area contributed by atoms with E-state index >= 15 is 0 Å². The lowest BCUT2D eigenvalue weighted by molar-refractivity contribution is 0.746. The fourth-order valence-electron chi connectivity index (χ4n) is 2.13. The Morgan fingerprint density at radius 2 is 1.85 bits per heavy atom. The van der Waals surface area contributed by atoms with Crippen LogP contribution in [0, 0.1) is 32.1 Å². The average molecular weight is 265 g/mol. The number of rotatable bonds is 3. The summed E-state index contributed by atoms with van der Waals surface area (Å²) in [7, 11) is 0. The molecule has 1 atom stereocenters.